The highest BCUT2D eigenvalue weighted by atomic mass is 16.5. The lowest BCUT2D eigenvalue weighted by atomic mass is 9.82. The van der Waals surface area contributed by atoms with Crippen LogP contribution in [0.2, 0.25) is 0 Å². The normalized spacial score (nSPS) is 14.8. The Hall–Kier alpha value is -3.92. The van der Waals surface area contributed by atoms with Crippen LogP contribution in [0, 0.1) is 6.92 Å². The molecule has 2 aliphatic rings. The number of amides is 1. The summed E-state index contributed by atoms with van der Waals surface area (Å²) in [5.74, 6) is -1.73. The van der Waals surface area contributed by atoms with Crippen molar-refractivity contribution >= 4 is 34.6 Å². The monoisotopic (exact) mass is 508 g/mol. The maximum atomic E-state index is 13.0. The molecule has 196 valence electrons. The van der Waals surface area contributed by atoms with Gasteiger partial charge in [-0.05, 0) is 55.4 Å². The van der Waals surface area contributed by atoms with Gasteiger partial charge in [-0.15, -0.1) is 0 Å². The lowest BCUT2D eigenvalue weighted by Gasteiger charge is -2.38. The summed E-state index contributed by atoms with van der Waals surface area (Å²) in [6.07, 6.45) is 3.10. The number of ether oxygens (including phenoxy) is 1. The number of carbonyl (C=O) groups excluding carboxylic acids is 1. The summed E-state index contributed by atoms with van der Waals surface area (Å²) in [5, 5.41) is 22.3. The molecule has 2 heterocycles. The van der Waals surface area contributed by atoms with Crippen LogP contribution in [-0.4, -0.2) is 63.4 Å². The van der Waals surface area contributed by atoms with Crippen molar-refractivity contribution in [3.05, 3.63) is 58.4 Å². The standard InChI is InChI=1S/C24H28N4O2.C3H4O4/c1-15-26-22-20(28(15)2)12-19(23(29)25-10-11-30-3)18-8-9-24(27-21(18)22)13-16-6-4-5-7-17(16)14-24;4-2(5)1-3(6)7/h4-7,12,27H,8-11,13-14H2,1-3H3,(H,25,29);1H2,(H,4,5)(H,6,7). The number of hydrogen-bond donors (Lipinski definition) is 4. The van der Waals surface area contributed by atoms with Gasteiger partial charge in [0, 0.05) is 31.8 Å². The van der Waals surface area contributed by atoms with Gasteiger partial charge in [0.25, 0.3) is 5.91 Å². The van der Waals surface area contributed by atoms with E-state index in [1.54, 1.807) is 7.11 Å². The predicted molar refractivity (Wildman–Crippen MR) is 138 cm³/mol. The third-order valence-corrected chi connectivity index (χ3v) is 7.07. The average molecular weight is 509 g/mol. The van der Waals surface area contributed by atoms with Gasteiger partial charge in [0.15, 0.2) is 0 Å². The zero-order valence-corrected chi connectivity index (χ0v) is 21.3. The summed E-state index contributed by atoms with van der Waals surface area (Å²) < 4.78 is 7.15. The van der Waals surface area contributed by atoms with Gasteiger partial charge < -0.3 is 30.2 Å². The molecule has 1 aromatic heterocycles. The second kappa shape index (κ2) is 10.6. The molecule has 5 rings (SSSR count). The van der Waals surface area contributed by atoms with Crippen molar-refractivity contribution in [2.45, 2.75) is 44.6 Å². The Morgan fingerprint density at radius 3 is 2.38 bits per heavy atom. The number of rotatable bonds is 6. The Morgan fingerprint density at radius 2 is 1.81 bits per heavy atom. The second-order valence-electron chi connectivity index (χ2n) is 9.60. The number of carboxylic acid groups (broad SMARTS) is 2. The van der Waals surface area contributed by atoms with Crippen LogP contribution in [0.5, 0.6) is 0 Å². The van der Waals surface area contributed by atoms with E-state index in [2.05, 4.69) is 39.5 Å². The molecule has 0 radical (unpaired) electrons. The van der Waals surface area contributed by atoms with Gasteiger partial charge in [0.1, 0.15) is 17.8 Å². The molecule has 0 bridgehead atoms. The first kappa shape index (κ1) is 26.2. The van der Waals surface area contributed by atoms with E-state index in [1.807, 2.05) is 20.0 Å². The van der Waals surface area contributed by atoms with E-state index in [0.29, 0.717) is 13.2 Å². The predicted octanol–water partition coefficient (Wildman–Crippen LogP) is 2.70. The van der Waals surface area contributed by atoms with Gasteiger partial charge in [-0.1, -0.05) is 24.3 Å². The molecule has 1 aliphatic heterocycles. The molecular formula is C27H32N4O6. The summed E-state index contributed by atoms with van der Waals surface area (Å²) in [6.45, 7) is 3.01. The molecule has 37 heavy (non-hydrogen) atoms. The Morgan fingerprint density at radius 1 is 1.16 bits per heavy atom. The lowest BCUT2D eigenvalue weighted by Crippen LogP contribution is -2.43. The quantitative estimate of drug-likeness (QED) is 0.294. The van der Waals surface area contributed by atoms with E-state index >= 15 is 0 Å². The number of aryl methyl sites for hydroxylation is 2. The third kappa shape index (κ3) is 5.43. The first-order valence-corrected chi connectivity index (χ1v) is 12.2. The molecule has 0 saturated carbocycles. The Labute approximate surface area is 214 Å². The van der Waals surface area contributed by atoms with Crippen LogP contribution in [0.15, 0.2) is 30.3 Å². The van der Waals surface area contributed by atoms with Gasteiger partial charge in [-0.25, -0.2) is 4.98 Å². The molecule has 10 nitrogen and oxygen atoms in total. The number of fused-ring (bicyclic) bond motifs is 4. The van der Waals surface area contributed by atoms with Crippen LogP contribution < -0.4 is 10.6 Å². The fraction of sp³-hybridized carbons (Fsp3) is 0.407. The third-order valence-electron chi connectivity index (χ3n) is 7.07. The Bertz CT molecular complexity index is 1330. The first-order chi connectivity index (χ1) is 17.6. The number of carbonyl (C=O) groups is 3. The number of hydrogen-bond acceptors (Lipinski definition) is 6. The number of anilines is 1. The maximum Gasteiger partial charge on any atom is 0.314 e. The minimum Gasteiger partial charge on any atom is -0.481 e. The van der Waals surface area contributed by atoms with E-state index in [0.717, 1.165) is 59.4 Å². The number of methoxy groups -OCH3 is 1. The molecule has 2 aromatic carbocycles. The van der Waals surface area contributed by atoms with Crippen LogP contribution in [-0.2, 0) is 40.6 Å². The van der Waals surface area contributed by atoms with Crippen molar-refractivity contribution in [1.82, 2.24) is 14.9 Å². The summed E-state index contributed by atoms with van der Waals surface area (Å²) >= 11 is 0. The van der Waals surface area contributed by atoms with Crippen LogP contribution in [0.4, 0.5) is 5.69 Å². The van der Waals surface area contributed by atoms with Gasteiger partial charge in [-0.3, -0.25) is 14.4 Å². The van der Waals surface area contributed by atoms with Crippen LogP contribution >= 0.6 is 0 Å². The molecule has 1 aliphatic carbocycles. The zero-order valence-electron chi connectivity index (χ0n) is 21.3. The number of imidazole rings is 1. The molecule has 0 saturated heterocycles. The second-order valence-corrected chi connectivity index (χ2v) is 9.60. The number of carboxylic acids is 2. The van der Waals surface area contributed by atoms with E-state index in [4.69, 9.17) is 19.9 Å². The fourth-order valence-corrected chi connectivity index (χ4v) is 5.22. The highest BCUT2D eigenvalue weighted by molar-refractivity contribution is 6.04. The molecule has 0 unspecified atom stereocenters. The van der Waals surface area contributed by atoms with Gasteiger partial charge >= 0.3 is 11.9 Å². The SMILES string of the molecule is COCCNC(=O)c1cc2c(nc(C)n2C)c2c1CCC1(Cc3ccccc3C1)N2.O=C(O)CC(=O)O. The van der Waals surface area contributed by atoms with E-state index in [9.17, 15) is 14.4 Å². The number of benzene rings is 2. The molecule has 1 spiro atoms. The molecule has 4 N–H and O–H groups in total. The topological polar surface area (TPSA) is 143 Å². The molecule has 1 amide bonds. The first-order valence-electron chi connectivity index (χ1n) is 12.2. The molecular weight excluding hydrogens is 476 g/mol. The summed E-state index contributed by atoms with van der Waals surface area (Å²) in [6, 6.07) is 10.7. The summed E-state index contributed by atoms with van der Waals surface area (Å²) in [7, 11) is 3.65. The Kier molecular flexibility index (Phi) is 7.49. The maximum absolute atomic E-state index is 13.0. The van der Waals surface area contributed by atoms with Crippen molar-refractivity contribution in [1.29, 1.82) is 0 Å². The minimum absolute atomic E-state index is 0.000191. The van der Waals surface area contributed by atoms with Crippen molar-refractivity contribution in [2.24, 2.45) is 7.05 Å². The van der Waals surface area contributed by atoms with Crippen LogP contribution in [0.1, 0.15) is 45.7 Å². The van der Waals surface area contributed by atoms with Gasteiger partial charge in [0.05, 0.1) is 17.8 Å². The van der Waals surface area contributed by atoms with Gasteiger partial charge in [0.2, 0.25) is 0 Å². The zero-order chi connectivity index (χ0) is 26.7. The number of nitrogens with one attached hydrogen (secondary N) is 2. The molecule has 10 heteroatoms. The van der Waals surface area contributed by atoms with E-state index in [1.165, 1.54) is 11.1 Å². The lowest BCUT2D eigenvalue weighted by molar-refractivity contribution is -0.147. The number of nitrogens with zero attached hydrogens (tertiary/aromatic N) is 2. The van der Waals surface area contributed by atoms with Crippen molar-refractivity contribution < 1.29 is 29.3 Å². The summed E-state index contributed by atoms with van der Waals surface area (Å²) in [4.78, 5) is 36.7. The molecule has 0 fully saturated rings. The molecule has 3 aromatic rings. The van der Waals surface area contributed by atoms with Crippen molar-refractivity contribution in [2.75, 3.05) is 25.6 Å². The number of aliphatic carboxylic acids is 2. The Balaban J connectivity index is 0.000000405. The highest BCUT2D eigenvalue weighted by Crippen LogP contribution is 2.44. The number of aromatic nitrogens is 2. The van der Waals surface area contributed by atoms with Crippen molar-refractivity contribution in [3.63, 3.8) is 0 Å². The van der Waals surface area contributed by atoms with Crippen LogP contribution in [0.25, 0.3) is 11.0 Å². The van der Waals surface area contributed by atoms with Gasteiger partial charge in [-0.2, -0.15) is 0 Å². The van der Waals surface area contributed by atoms with Crippen molar-refractivity contribution in [3.8, 4) is 0 Å². The van der Waals surface area contributed by atoms with E-state index < -0.39 is 18.4 Å². The average Bonchev–Trinajstić information content (AvgIpc) is 3.34. The fourth-order valence-electron chi connectivity index (χ4n) is 5.22. The van der Waals surface area contributed by atoms with Crippen LogP contribution in [0.3, 0.4) is 0 Å². The largest absolute Gasteiger partial charge is 0.481 e. The smallest absolute Gasteiger partial charge is 0.314 e. The minimum atomic E-state index is -1.31. The molecule has 0 atom stereocenters. The summed E-state index contributed by atoms with van der Waals surface area (Å²) in [5.41, 5.74) is 7.67. The highest BCUT2D eigenvalue weighted by Gasteiger charge is 2.41. The van der Waals surface area contributed by atoms with E-state index in [-0.39, 0.29) is 11.4 Å².